The lowest BCUT2D eigenvalue weighted by molar-refractivity contribution is 0.0560. The number of aliphatic hydroxyl groups excluding tert-OH is 1. The molecule has 2 saturated heterocycles. The van der Waals surface area contributed by atoms with Crippen LogP contribution in [0.15, 0.2) is 0 Å². The van der Waals surface area contributed by atoms with E-state index in [2.05, 4.69) is 42.5 Å². The molecule has 0 aromatic carbocycles. The Kier molecular flexibility index (Phi) is 7.13. The summed E-state index contributed by atoms with van der Waals surface area (Å²) in [5, 5.41) is 9.62. The van der Waals surface area contributed by atoms with Gasteiger partial charge in [0.2, 0.25) is 0 Å². The normalized spacial score (nSPS) is 25.2. The Bertz CT molecular complexity index is 307. The fourth-order valence-electron chi connectivity index (χ4n) is 3.93. The molecule has 0 spiro atoms. The summed E-state index contributed by atoms with van der Waals surface area (Å²) in [6.07, 6.45) is 5.73. The van der Waals surface area contributed by atoms with Crippen molar-refractivity contribution >= 4 is 0 Å². The van der Waals surface area contributed by atoms with E-state index in [1.807, 2.05) is 0 Å². The molecule has 4 nitrogen and oxygen atoms in total. The van der Waals surface area contributed by atoms with Gasteiger partial charge >= 0.3 is 0 Å². The van der Waals surface area contributed by atoms with Gasteiger partial charge < -0.3 is 19.8 Å². The highest BCUT2D eigenvalue weighted by atomic mass is 16.3. The van der Waals surface area contributed by atoms with E-state index in [1.54, 1.807) is 0 Å². The van der Waals surface area contributed by atoms with E-state index in [9.17, 15) is 5.11 Å². The largest absolute Gasteiger partial charge is 0.393 e. The summed E-state index contributed by atoms with van der Waals surface area (Å²) in [4.78, 5) is 7.75. The van der Waals surface area contributed by atoms with Crippen LogP contribution in [0.2, 0.25) is 0 Å². The molecule has 0 aromatic rings. The van der Waals surface area contributed by atoms with Crippen LogP contribution in [-0.4, -0.2) is 83.8 Å². The highest BCUT2D eigenvalue weighted by molar-refractivity contribution is 4.81. The van der Waals surface area contributed by atoms with Crippen LogP contribution in [0.3, 0.4) is 0 Å². The van der Waals surface area contributed by atoms with Gasteiger partial charge in [0.25, 0.3) is 0 Å². The summed E-state index contributed by atoms with van der Waals surface area (Å²) in [7, 11) is 2.31. The minimum absolute atomic E-state index is 0.0581. The third kappa shape index (κ3) is 5.19. The summed E-state index contributed by atoms with van der Waals surface area (Å²) in [6.45, 7) is 12.8. The first-order valence-electron chi connectivity index (χ1n) is 9.33. The predicted octanol–water partition coefficient (Wildman–Crippen LogP) is 2.03. The molecule has 2 fully saturated rings. The van der Waals surface area contributed by atoms with Crippen molar-refractivity contribution in [2.45, 2.75) is 77.1 Å². The zero-order valence-corrected chi connectivity index (χ0v) is 15.2. The molecule has 1 atom stereocenters. The highest BCUT2D eigenvalue weighted by Crippen LogP contribution is 2.19. The molecule has 1 N–H and O–H groups in total. The fraction of sp³-hybridized carbons (Fsp3) is 1.00. The van der Waals surface area contributed by atoms with Crippen molar-refractivity contribution < 1.29 is 5.11 Å². The van der Waals surface area contributed by atoms with E-state index in [4.69, 9.17) is 0 Å². The first-order valence-corrected chi connectivity index (χ1v) is 9.33. The van der Waals surface area contributed by atoms with Crippen molar-refractivity contribution in [2.75, 3.05) is 39.8 Å². The molecule has 0 aromatic heterocycles. The van der Waals surface area contributed by atoms with Gasteiger partial charge in [-0.05, 0) is 79.6 Å². The molecule has 2 rings (SSSR count). The zero-order chi connectivity index (χ0) is 16.1. The number of nitrogens with zero attached hydrogens (tertiary/aromatic N) is 3. The van der Waals surface area contributed by atoms with Gasteiger partial charge in [-0.2, -0.15) is 0 Å². The maximum atomic E-state index is 9.62. The van der Waals surface area contributed by atoms with Gasteiger partial charge in [0.15, 0.2) is 0 Å². The van der Waals surface area contributed by atoms with E-state index in [1.165, 1.54) is 38.9 Å². The van der Waals surface area contributed by atoms with Crippen molar-refractivity contribution in [2.24, 2.45) is 0 Å². The van der Waals surface area contributed by atoms with Crippen molar-refractivity contribution in [1.29, 1.82) is 0 Å². The number of likely N-dealkylation sites (tertiary alicyclic amines) is 2. The molecule has 0 radical (unpaired) electrons. The van der Waals surface area contributed by atoms with Crippen LogP contribution < -0.4 is 0 Å². The maximum absolute atomic E-state index is 9.62. The lowest BCUT2D eigenvalue weighted by Gasteiger charge is -2.39. The van der Waals surface area contributed by atoms with Crippen LogP contribution in [-0.2, 0) is 0 Å². The summed E-state index contributed by atoms with van der Waals surface area (Å²) in [6, 6.07) is 2.11. The summed E-state index contributed by atoms with van der Waals surface area (Å²) < 4.78 is 0. The second-order valence-electron chi connectivity index (χ2n) is 7.75. The average molecular weight is 312 g/mol. The summed E-state index contributed by atoms with van der Waals surface area (Å²) in [5.41, 5.74) is 0. The lowest BCUT2D eigenvalue weighted by atomic mass is 10.0. The molecular weight excluding hydrogens is 274 g/mol. The second-order valence-corrected chi connectivity index (χ2v) is 7.75. The van der Waals surface area contributed by atoms with Crippen LogP contribution in [0.4, 0.5) is 0 Å². The van der Waals surface area contributed by atoms with Gasteiger partial charge in [-0.15, -0.1) is 0 Å². The Morgan fingerprint density at radius 2 is 1.50 bits per heavy atom. The molecule has 0 saturated carbocycles. The van der Waals surface area contributed by atoms with Gasteiger partial charge in [-0.3, -0.25) is 0 Å². The Morgan fingerprint density at radius 1 is 0.955 bits per heavy atom. The molecule has 0 bridgehead atoms. The van der Waals surface area contributed by atoms with Crippen LogP contribution in [0, 0.1) is 0 Å². The molecule has 0 aliphatic carbocycles. The van der Waals surface area contributed by atoms with Crippen molar-refractivity contribution in [3.05, 3.63) is 0 Å². The first-order chi connectivity index (χ1) is 10.5. The molecule has 0 amide bonds. The fourth-order valence-corrected chi connectivity index (χ4v) is 3.93. The van der Waals surface area contributed by atoms with Gasteiger partial charge in [-0.25, -0.2) is 0 Å². The lowest BCUT2D eigenvalue weighted by Crippen LogP contribution is -2.47. The Morgan fingerprint density at radius 3 is 2.05 bits per heavy atom. The Balaban J connectivity index is 1.66. The predicted molar refractivity (Wildman–Crippen MR) is 93.3 cm³/mol. The minimum atomic E-state index is -0.0581. The molecule has 1 unspecified atom stereocenters. The molecule has 2 aliphatic heterocycles. The number of hydrogen-bond acceptors (Lipinski definition) is 4. The van der Waals surface area contributed by atoms with E-state index in [0.29, 0.717) is 12.1 Å². The molecule has 4 heteroatoms. The zero-order valence-electron chi connectivity index (χ0n) is 15.2. The number of aliphatic hydroxyl groups is 1. The van der Waals surface area contributed by atoms with Crippen molar-refractivity contribution in [1.82, 2.24) is 14.7 Å². The third-order valence-electron chi connectivity index (χ3n) is 5.87. The number of piperidine rings is 2. The monoisotopic (exact) mass is 311 g/mol. The molecule has 2 aliphatic rings. The van der Waals surface area contributed by atoms with Crippen molar-refractivity contribution in [3.8, 4) is 0 Å². The minimum Gasteiger partial charge on any atom is -0.393 e. The second kappa shape index (κ2) is 8.62. The van der Waals surface area contributed by atoms with Crippen LogP contribution in [0.25, 0.3) is 0 Å². The number of rotatable bonds is 6. The first kappa shape index (κ1) is 18.2. The molecule has 130 valence electrons. The van der Waals surface area contributed by atoms with Gasteiger partial charge in [-0.1, -0.05) is 0 Å². The molecular formula is C18H37N3O. The third-order valence-corrected chi connectivity index (χ3v) is 5.87. The Labute approximate surface area is 137 Å². The quantitative estimate of drug-likeness (QED) is 0.813. The summed E-state index contributed by atoms with van der Waals surface area (Å²) >= 11 is 0. The Hall–Kier alpha value is -0.160. The maximum Gasteiger partial charge on any atom is 0.0564 e. The van der Waals surface area contributed by atoms with Gasteiger partial charge in [0, 0.05) is 31.2 Å². The van der Waals surface area contributed by atoms with Crippen molar-refractivity contribution in [3.63, 3.8) is 0 Å². The molecule has 2 heterocycles. The van der Waals surface area contributed by atoms with E-state index in [-0.39, 0.29) is 6.10 Å². The number of hydrogen-bond donors (Lipinski definition) is 1. The topological polar surface area (TPSA) is 30.0 Å². The van der Waals surface area contributed by atoms with Crippen LogP contribution in [0.1, 0.15) is 52.9 Å². The van der Waals surface area contributed by atoms with E-state index in [0.717, 1.165) is 32.0 Å². The molecule has 22 heavy (non-hydrogen) atoms. The standard InChI is InChI=1S/C18H37N3O/c1-15(2)20-11-6-17(7-12-20)19(4)10-5-16(3)21-13-8-18(22)9-14-21/h15-18,22H,5-14H2,1-4H3. The van der Waals surface area contributed by atoms with Crippen LogP contribution in [0.5, 0.6) is 0 Å². The summed E-state index contributed by atoms with van der Waals surface area (Å²) in [5.74, 6) is 0. The van der Waals surface area contributed by atoms with E-state index < -0.39 is 0 Å². The SMILES string of the molecule is CC(C)N1CCC(N(C)CCC(C)N2CCC(O)CC2)CC1. The average Bonchev–Trinajstić information content (AvgIpc) is 2.53. The van der Waals surface area contributed by atoms with Gasteiger partial charge in [0.1, 0.15) is 0 Å². The van der Waals surface area contributed by atoms with E-state index >= 15 is 0 Å². The van der Waals surface area contributed by atoms with Crippen LogP contribution >= 0.6 is 0 Å². The smallest absolute Gasteiger partial charge is 0.0564 e. The highest BCUT2D eigenvalue weighted by Gasteiger charge is 2.25. The van der Waals surface area contributed by atoms with Gasteiger partial charge in [0.05, 0.1) is 6.10 Å².